The molecule has 1 unspecified atom stereocenters. The number of hydrogen-bond acceptors (Lipinski definition) is 5. The number of carboxylic acids is 1. The van der Waals surface area contributed by atoms with Crippen LogP contribution in [0.25, 0.3) is 11.3 Å². The molecule has 1 aliphatic heterocycles. The minimum atomic E-state index is -1.11. The van der Waals surface area contributed by atoms with Gasteiger partial charge in [-0.05, 0) is 25.0 Å². The van der Waals surface area contributed by atoms with Crippen LogP contribution in [0.1, 0.15) is 23.3 Å². The van der Waals surface area contributed by atoms with Crippen molar-refractivity contribution in [3.8, 4) is 17.1 Å². The summed E-state index contributed by atoms with van der Waals surface area (Å²) in [6.07, 6.45) is 2.02. The number of carbonyl (C=O) groups is 1. The van der Waals surface area contributed by atoms with Crippen molar-refractivity contribution >= 4 is 5.97 Å². The van der Waals surface area contributed by atoms with Crippen molar-refractivity contribution in [1.29, 1.82) is 0 Å². The average Bonchev–Trinajstić information content (AvgIpc) is 2.99. The third-order valence-electron chi connectivity index (χ3n) is 3.27. The molecule has 110 valence electrons. The van der Waals surface area contributed by atoms with Crippen molar-refractivity contribution in [2.24, 2.45) is 0 Å². The predicted octanol–water partition coefficient (Wildman–Crippen LogP) is 2.60. The van der Waals surface area contributed by atoms with Crippen LogP contribution in [0.4, 0.5) is 0 Å². The predicted molar refractivity (Wildman–Crippen MR) is 73.4 cm³/mol. The Morgan fingerprint density at radius 2 is 2.29 bits per heavy atom. The molecular weight excluding hydrogens is 274 g/mol. The van der Waals surface area contributed by atoms with Gasteiger partial charge < -0.3 is 19.1 Å². The van der Waals surface area contributed by atoms with Crippen LogP contribution in [0.3, 0.4) is 0 Å². The first-order chi connectivity index (χ1) is 10.2. The Hall–Kier alpha value is -2.34. The molecule has 1 atom stereocenters. The highest BCUT2D eigenvalue weighted by molar-refractivity contribution is 5.86. The van der Waals surface area contributed by atoms with Crippen molar-refractivity contribution < 1.29 is 23.9 Å². The average molecular weight is 289 g/mol. The maximum absolute atomic E-state index is 10.8. The Balaban J connectivity index is 1.76. The molecule has 0 amide bonds. The Bertz CT molecular complexity index is 630. The van der Waals surface area contributed by atoms with Crippen molar-refractivity contribution in [2.45, 2.75) is 18.9 Å². The van der Waals surface area contributed by atoms with Crippen molar-refractivity contribution in [3.63, 3.8) is 0 Å². The molecule has 0 aliphatic carbocycles. The Morgan fingerprint density at radius 3 is 3.00 bits per heavy atom. The number of hydrogen-bond donors (Lipinski definition) is 1. The normalized spacial score (nSPS) is 18.4. The summed E-state index contributed by atoms with van der Waals surface area (Å²) in [5, 5.41) is 12.4. The zero-order valence-corrected chi connectivity index (χ0v) is 11.3. The van der Waals surface area contributed by atoms with Crippen LogP contribution >= 0.6 is 0 Å². The Kier molecular flexibility index (Phi) is 3.87. The van der Waals surface area contributed by atoms with Crippen LogP contribution in [0.5, 0.6) is 5.75 Å². The van der Waals surface area contributed by atoms with E-state index in [1.807, 2.05) is 18.2 Å². The third-order valence-corrected chi connectivity index (χ3v) is 3.27. The summed E-state index contributed by atoms with van der Waals surface area (Å²) in [5.41, 5.74) is 0.612. The van der Waals surface area contributed by atoms with Gasteiger partial charge in [-0.15, -0.1) is 0 Å². The summed E-state index contributed by atoms with van der Waals surface area (Å²) in [6.45, 7) is 1.38. The van der Waals surface area contributed by atoms with Gasteiger partial charge in [0.05, 0.1) is 6.61 Å². The monoisotopic (exact) mass is 289 g/mol. The van der Waals surface area contributed by atoms with E-state index >= 15 is 0 Å². The fourth-order valence-corrected chi connectivity index (χ4v) is 2.23. The Labute approximate surface area is 121 Å². The summed E-state index contributed by atoms with van der Waals surface area (Å²) in [5.74, 6) is -0.00854. The fraction of sp³-hybridized carbons (Fsp3) is 0.333. The molecule has 1 N–H and O–H groups in total. The largest absolute Gasteiger partial charge is 0.488 e. The second-order valence-corrected chi connectivity index (χ2v) is 4.87. The highest BCUT2D eigenvalue weighted by atomic mass is 16.5. The smallest absolute Gasteiger partial charge is 0.358 e. The first-order valence-corrected chi connectivity index (χ1v) is 6.77. The van der Waals surface area contributed by atoms with E-state index < -0.39 is 5.97 Å². The molecule has 6 heteroatoms. The molecule has 0 radical (unpaired) electrons. The van der Waals surface area contributed by atoms with Crippen LogP contribution in [0, 0.1) is 0 Å². The molecule has 1 fully saturated rings. The summed E-state index contributed by atoms with van der Waals surface area (Å²) in [4.78, 5) is 10.8. The van der Waals surface area contributed by atoms with Gasteiger partial charge in [0.1, 0.15) is 11.9 Å². The quantitative estimate of drug-likeness (QED) is 0.931. The summed E-state index contributed by atoms with van der Waals surface area (Å²) >= 11 is 0. The zero-order valence-electron chi connectivity index (χ0n) is 11.3. The number of aromatic carboxylic acids is 1. The van der Waals surface area contributed by atoms with Gasteiger partial charge in [-0.1, -0.05) is 17.3 Å². The van der Waals surface area contributed by atoms with Crippen LogP contribution in [0.15, 0.2) is 34.9 Å². The maximum atomic E-state index is 10.8. The lowest BCUT2D eigenvalue weighted by atomic mass is 10.1. The molecule has 6 nitrogen and oxygen atoms in total. The summed E-state index contributed by atoms with van der Waals surface area (Å²) in [6, 6.07) is 8.70. The Morgan fingerprint density at radius 1 is 1.38 bits per heavy atom. The van der Waals surface area contributed by atoms with E-state index in [4.69, 9.17) is 19.1 Å². The van der Waals surface area contributed by atoms with Gasteiger partial charge in [-0.3, -0.25) is 0 Å². The molecule has 1 aromatic heterocycles. The molecule has 1 aromatic carbocycles. The number of ether oxygens (including phenoxy) is 2. The fourth-order valence-electron chi connectivity index (χ4n) is 2.23. The number of nitrogens with zero attached hydrogens (tertiary/aromatic N) is 1. The van der Waals surface area contributed by atoms with Gasteiger partial charge in [-0.2, -0.15) is 0 Å². The van der Waals surface area contributed by atoms with Crippen LogP contribution < -0.4 is 4.74 Å². The molecular formula is C15H15NO5. The molecule has 2 heterocycles. The second kappa shape index (κ2) is 5.97. The zero-order chi connectivity index (χ0) is 14.7. The first kappa shape index (κ1) is 13.6. The minimum absolute atomic E-state index is 0.0540. The van der Waals surface area contributed by atoms with Gasteiger partial charge in [0.15, 0.2) is 11.5 Å². The van der Waals surface area contributed by atoms with Gasteiger partial charge in [0.2, 0.25) is 0 Å². The van der Waals surface area contributed by atoms with Crippen molar-refractivity contribution in [3.05, 3.63) is 36.0 Å². The third kappa shape index (κ3) is 3.22. The van der Waals surface area contributed by atoms with Gasteiger partial charge >= 0.3 is 5.97 Å². The second-order valence-electron chi connectivity index (χ2n) is 4.87. The number of carboxylic acid groups (broad SMARTS) is 1. The highest BCUT2D eigenvalue weighted by Gasteiger charge is 2.16. The molecule has 0 saturated carbocycles. The lowest BCUT2D eigenvalue weighted by molar-refractivity contribution is 0.00745. The highest BCUT2D eigenvalue weighted by Crippen LogP contribution is 2.26. The molecule has 0 spiro atoms. The number of benzene rings is 1. The van der Waals surface area contributed by atoms with E-state index in [0.29, 0.717) is 18.1 Å². The molecule has 3 rings (SSSR count). The minimum Gasteiger partial charge on any atom is -0.488 e. The first-order valence-electron chi connectivity index (χ1n) is 6.77. The summed E-state index contributed by atoms with van der Waals surface area (Å²) < 4.78 is 16.3. The van der Waals surface area contributed by atoms with Crippen LogP contribution in [-0.2, 0) is 4.74 Å². The van der Waals surface area contributed by atoms with E-state index in [-0.39, 0.29) is 11.8 Å². The number of aromatic nitrogens is 1. The molecule has 0 bridgehead atoms. The topological polar surface area (TPSA) is 81.8 Å². The standard InChI is InChI=1S/C15H15NO5/c17-15(18)13-8-14(21-16-13)10-3-1-4-11(7-10)20-12-5-2-6-19-9-12/h1,3-4,7-8,12H,2,5-6,9H2,(H,17,18). The van der Waals surface area contributed by atoms with Gasteiger partial charge in [0.25, 0.3) is 0 Å². The number of rotatable bonds is 4. The van der Waals surface area contributed by atoms with Crippen LogP contribution in [-0.4, -0.2) is 35.6 Å². The van der Waals surface area contributed by atoms with E-state index in [1.54, 1.807) is 6.07 Å². The van der Waals surface area contributed by atoms with Gasteiger partial charge in [-0.25, -0.2) is 4.79 Å². The van der Waals surface area contributed by atoms with E-state index in [0.717, 1.165) is 25.0 Å². The van der Waals surface area contributed by atoms with Crippen molar-refractivity contribution in [1.82, 2.24) is 5.16 Å². The maximum Gasteiger partial charge on any atom is 0.358 e. The molecule has 2 aromatic rings. The van der Waals surface area contributed by atoms with Crippen LogP contribution in [0.2, 0.25) is 0 Å². The lowest BCUT2D eigenvalue weighted by Gasteiger charge is -2.23. The SMILES string of the molecule is O=C(O)c1cc(-c2cccc(OC3CCCOC3)c2)on1. The molecule has 1 saturated heterocycles. The summed E-state index contributed by atoms with van der Waals surface area (Å²) in [7, 11) is 0. The molecule has 1 aliphatic rings. The van der Waals surface area contributed by atoms with Gasteiger partial charge in [0, 0.05) is 18.2 Å². The van der Waals surface area contributed by atoms with Crippen molar-refractivity contribution in [2.75, 3.05) is 13.2 Å². The van der Waals surface area contributed by atoms with E-state index in [1.165, 1.54) is 6.07 Å². The molecule has 21 heavy (non-hydrogen) atoms. The van der Waals surface area contributed by atoms with E-state index in [2.05, 4.69) is 5.16 Å². The van der Waals surface area contributed by atoms with E-state index in [9.17, 15) is 4.79 Å². The lowest BCUT2D eigenvalue weighted by Crippen LogP contribution is -2.27.